The Morgan fingerprint density at radius 2 is 1.70 bits per heavy atom. The molecule has 2 aromatic carbocycles. The van der Waals surface area contributed by atoms with Gasteiger partial charge in [0.25, 0.3) is 0 Å². The Labute approximate surface area is 125 Å². The summed E-state index contributed by atoms with van der Waals surface area (Å²) in [5.74, 6) is -0.215. The minimum atomic E-state index is -1.87. The summed E-state index contributed by atoms with van der Waals surface area (Å²) in [6.45, 7) is 0.122. The van der Waals surface area contributed by atoms with Crippen LogP contribution in [0.4, 0.5) is 4.39 Å². The fraction of sp³-hybridized carbons (Fsp3) is 0.0769. The van der Waals surface area contributed by atoms with Crippen molar-refractivity contribution in [3.05, 3.63) is 57.8 Å². The van der Waals surface area contributed by atoms with Gasteiger partial charge < -0.3 is 14.8 Å². The van der Waals surface area contributed by atoms with Gasteiger partial charge in [-0.05, 0) is 29.8 Å². The van der Waals surface area contributed by atoms with E-state index in [2.05, 4.69) is 0 Å². The molecule has 104 valence electrons. The van der Waals surface area contributed by atoms with Gasteiger partial charge in [-0.25, -0.2) is 4.39 Å². The zero-order valence-electron chi connectivity index (χ0n) is 10.2. The predicted molar refractivity (Wildman–Crippen MR) is 77.0 cm³/mol. The van der Waals surface area contributed by atoms with Gasteiger partial charge in [-0.1, -0.05) is 35.3 Å². The Bertz CT molecular complexity index is 602. The molecule has 0 unspecified atom stereocenters. The van der Waals surface area contributed by atoms with Gasteiger partial charge in [0.2, 0.25) is 0 Å². The maximum atomic E-state index is 13.3. The number of ether oxygens (including phenoxy) is 1. The normalized spacial score (nSPS) is 10.4. The zero-order chi connectivity index (χ0) is 14.7. The largest absolute Gasteiger partial charge is 0.491 e. The molecule has 0 fully saturated rings. The summed E-state index contributed by atoms with van der Waals surface area (Å²) < 4.78 is 18.8. The van der Waals surface area contributed by atoms with E-state index in [-0.39, 0.29) is 12.1 Å². The third-order valence-electron chi connectivity index (χ3n) is 2.58. The van der Waals surface area contributed by atoms with Gasteiger partial charge in [-0.2, -0.15) is 0 Å². The quantitative estimate of drug-likeness (QED) is 0.852. The van der Waals surface area contributed by atoms with Crippen LogP contribution >= 0.6 is 23.2 Å². The van der Waals surface area contributed by atoms with E-state index in [1.165, 1.54) is 12.1 Å². The lowest BCUT2D eigenvalue weighted by Gasteiger charge is -2.09. The first-order chi connectivity index (χ1) is 9.45. The Kier molecular flexibility index (Phi) is 4.88. The van der Waals surface area contributed by atoms with Crippen molar-refractivity contribution in [3.63, 3.8) is 0 Å². The molecule has 0 aliphatic rings. The number of benzene rings is 2. The number of halogens is 3. The minimum Gasteiger partial charge on any atom is -0.489 e. The smallest absolute Gasteiger partial charge is 0.489 e. The van der Waals surface area contributed by atoms with Crippen LogP contribution in [-0.4, -0.2) is 17.2 Å². The molecular formula is C13H10BCl2FO3. The molecule has 0 aliphatic carbocycles. The summed E-state index contributed by atoms with van der Waals surface area (Å²) in [5.41, 5.74) is 0.390. The lowest BCUT2D eigenvalue weighted by molar-refractivity contribution is 0.306. The highest BCUT2D eigenvalue weighted by molar-refractivity contribution is 6.58. The van der Waals surface area contributed by atoms with Crippen LogP contribution in [0.5, 0.6) is 5.75 Å². The molecule has 0 heterocycles. The van der Waals surface area contributed by atoms with E-state index in [0.29, 0.717) is 21.4 Å². The molecule has 0 saturated heterocycles. The van der Waals surface area contributed by atoms with E-state index >= 15 is 0 Å². The fourth-order valence-electron chi connectivity index (χ4n) is 1.66. The second-order valence-electron chi connectivity index (χ2n) is 4.12. The lowest BCUT2D eigenvalue weighted by atomic mass is 9.79. The second kappa shape index (κ2) is 6.46. The molecular weight excluding hydrogens is 305 g/mol. The standard InChI is InChI=1S/C13H10BCl2FO3/c15-9-4-10(16)6-11(5-9)20-7-8-1-2-13(17)12(3-8)14(18)19/h1-6,18-19H,7H2. The Morgan fingerprint density at radius 1 is 1.05 bits per heavy atom. The van der Waals surface area contributed by atoms with E-state index < -0.39 is 12.9 Å². The highest BCUT2D eigenvalue weighted by atomic mass is 35.5. The van der Waals surface area contributed by atoms with Gasteiger partial charge >= 0.3 is 7.12 Å². The van der Waals surface area contributed by atoms with Gasteiger partial charge in [0.05, 0.1) is 0 Å². The summed E-state index contributed by atoms with van der Waals surface area (Å²) in [5, 5.41) is 18.9. The fourth-order valence-corrected chi connectivity index (χ4v) is 2.17. The van der Waals surface area contributed by atoms with Crippen molar-refractivity contribution in [1.82, 2.24) is 0 Å². The number of hydrogen-bond acceptors (Lipinski definition) is 3. The average Bonchev–Trinajstić information content (AvgIpc) is 2.36. The molecule has 2 aromatic rings. The SMILES string of the molecule is OB(O)c1cc(COc2cc(Cl)cc(Cl)c2)ccc1F. The third-order valence-corrected chi connectivity index (χ3v) is 3.02. The van der Waals surface area contributed by atoms with Crippen molar-refractivity contribution < 1.29 is 19.2 Å². The van der Waals surface area contributed by atoms with E-state index in [9.17, 15) is 4.39 Å². The van der Waals surface area contributed by atoms with Crippen LogP contribution in [0.25, 0.3) is 0 Å². The van der Waals surface area contributed by atoms with Crippen LogP contribution in [0.2, 0.25) is 10.0 Å². The summed E-state index contributed by atoms with van der Waals surface area (Å²) in [6, 6.07) is 8.74. The maximum Gasteiger partial charge on any atom is 0.491 e. The van der Waals surface area contributed by atoms with Crippen LogP contribution in [-0.2, 0) is 6.61 Å². The summed E-state index contributed by atoms with van der Waals surface area (Å²) in [7, 11) is -1.87. The highest BCUT2D eigenvalue weighted by Crippen LogP contribution is 2.24. The van der Waals surface area contributed by atoms with Crippen molar-refractivity contribution in [3.8, 4) is 5.75 Å². The average molecular weight is 315 g/mol. The molecule has 2 N–H and O–H groups in total. The Hall–Kier alpha value is -1.27. The molecule has 0 atom stereocenters. The molecule has 0 spiro atoms. The third kappa shape index (κ3) is 3.87. The first kappa shape index (κ1) is 15.1. The molecule has 0 aromatic heterocycles. The van der Waals surface area contributed by atoms with Crippen molar-refractivity contribution in [2.75, 3.05) is 0 Å². The van der Waals surface area contributed by atoms with E-state index in [1.807, 2.05) is 0 Å². The van der Waals surface area contributed by atoms with Gasteiger partial charge in [0.15, 0.2) is 0 Å². The van der Waals surface area contributed by atoms with Crippen molar-refractivity contribution >= 4 is 35.8 Å². The molecule has 2 rings (SSSR count). The van der Waals surface area contributed by atoms with Crippen molar-refractivity contribution in [2.24, 2.45) is 0 Å². The van der Waals surface area contributed by atoms with Crippen molar-refractivity contribution in [2.45, 2.75) is 6.61 Å². The highest BCUT2D eigenvalue weighted by Gasteiger charge is 2.16. The predicted octanol–water partition coefficient (Wildman–Crippen LogP) is 2.39. The Balaban J connectivity index is 2.12. The number of rotatable bonds is 4. The maximum absolute atomic E-state index is 13.3. The summed E-state index contributed by atoms with van der Waals surface area (Å²) in [4.78, 5) is 0. The first-order valence-electron chi connectivity index (χ1n) is 5.69. The molecule has 0 bridgehead atoms. The number of hydrogen-bond donors (Lipinski definition) is 2. The van der Waals surface area contributed by atoms with E-state index in [4.69, 9.17) is 38.0 Å². The minimum absolute atomic E-state index is 0.122. The van der Waals surface area contributed by atoms with Crippen LogP contribution < -0.4 is 10.2 Å². The monoisotopic (exact) mass is 314 g/mol. The molecule has 20 heavy (non-hydrogen) atoms. The first-order valence-corrected chi connectivity index (χ1v) is 6.44. The van der Waals surface area contributed by atoms with Gasteiger partial charge in [-0.15, -0.1) is 0 Å². The van der Waals surface area contributed by atoms with Gasteiger partial charge in [0.1, 0.15) is 18.2 Å². The lowest BCUT2D eigenvalue weighted by Crippen LogP contribution is -2.33. The summed E-state index contributed by atoms with van der Waals surface area (Å²) >= 11 is 11.7. The van der Waals surface area contributed by atoms with Crippen LogP contribution in [0.15, 0.2) is 36.4 Å². The molecule has 0 saturated carbocycles. The Morgan fingerprint density at radius 3 is 2.30 bits per heavy atom. The van der Waals surface area contributed by atoms with Crippen LogP contribution in [0, 0.1) is 5.82 Å². The van der Waals surface area contributed by atoms with Crippen LogP contribution in [0.1, 0.15) is 5.56 Å². The van der Waals surface area contributed by atoms with Crippen LogP contribution in [0.3, 0.4) is 0 Å². The zero-order valence-corrected chi connectivity index (χ0v) is 11.7. The topological polar surface area (TPSA) is 49.7 Å². The molecule has 3 nitrogen and oxygen atoms in total. The van der Waals surface area contributed by atoms with E-state index in [1.54, 1.807) is 18.2 Å². The van der Waals surface area contributed by atoms with Crippen molar-refractivity contribution in [1.29, 1.82) is 0 Å². The van der Waals surface area contributed by atoms with Gasteiger partial charge in [0, 0.05) is 15.5 Å². The summed E-state index contributed by atoms with van der Waals surface area (Å²) in [6.07, 6.45) is 0. The van der Waals surface area contributed by atoms with E-state index in [0.717, 1.165) is 6.07 Å². The molecule has 0 aliphatic heterocycles. The molecule has 0 radical (unpaired) electrons. The molecule has 0 amide bonds. The van der Waals surface area contributed by atoms with Gasteiger partial charge in [-0.3, -0.25) is 0 Å². The second-order valence-corrected chi connectivity index (χ2v) is 5.00. The molecule has 7 heteroatoms.